The van der Waals surface area contributed by atoms with Gasteiger partial charge in [-0.3, -0.25) is 4.79 Å². The lowest BCUT2D eigenvalue weighted by atomic mass is 10.0. The molecule has 0 aliphatic carbocycles. The van der Waals surface area contributed by atoms with E-state index in [9.17, 15) is 4.79 Å². The molecule has 0 aliphatic rings. The van der Waals surface area contributed by atoms with E-state index in [0.29, 0.717) is 17.1 Å². The molecule has 5 heteroatoms. The van der Waals surface area contributed by atoms with Gasteiger partial charge in [-0.2, -0.15) is 0 Å². The maximum Gasteiger partial charge on any atom is 0.268 e. The van der Waals surface area contributed by atoms with Crippen molar-refractivity contribution in [3.63, 3.8) is 0 Å². The molecule has 0 aliphatic heterocycles. The van der Waals surface area contributed by atoms with Crippen LogP contribution in [0.15, 0.2) is 12.3 Å². The second kappa shape index (κ2) is 6.96. The van der Waals surface area contributed by atoms with Gasteiger partial charge in [0.2, 0.25) is 0 Å². The van der Waals surface area contributed by atoms with Crippen molar-refractivity contribution in [2.75, 3.05) is 6.61 Å². The zero-order valence-electron chi connectivity index (χ0n) is 12.0. The minimum absolute atomic E-state index is 0.0354. The van der Waals surface area contributed by atoms with E-state index in [-0.39, 0.29) is 30.5 Å². The fourth-order valence-electron chi connectivity index (χ4n) is 2.01. The first-order chi connectivity index (χ1) is 8.86. The van der Waals surface area contributed by atoms with Crippen molar-refractivity contribution in [3.05, 3.63) is 23.0 Å². The Morgan fingerprint density at radius 3 is 2.53 bits per heavy atom. The maximum atomic E-state index is 12.3. The third-order valence-electron chi connectivity index (χ3n) is 3.17. The van der Waals surface area contributed by atoms with Gasteiger partial charge in [0.15, 0.2) is 0 Å². The van der Waals surface area contributed by atoms with Gasteiger partial charge in [0.05, 0.1) is 5.02 Å². The summed E-state index contributed by atoms with van der Waals surface area (Å²) < 4.78 is 1.86. The maximum absolute atomic E-state index is 12.3. The predicted molar refractivity (Wildman–Crippen MR) is 77.6 cm³/mol. The average Bonchev–Trinajstić information content (AvgIpc) is 2.70. The number of aromatic nitrogens is 1. The molecule has 1 rings (SSSR count). The minimum Gasteiger partial charge on any atom is -0.396 e. The van der Waals surface area contributed by atoms with E-state index in [1.165, 1.54) is 0 Å². The number of carbonyl (C=O) groups excluding carboxylic acids is 1. The summed E-state index contributed by atoms with van der Waals surface area (Å²) >= 11 is 5.97. The highest BCUT2D eigenvalue weighted by Gasteiger charge is 2.20. The van der Waals surface area contributed by atoms with Crippen LogP contribution in [0.5, 0.6) is 0 Å². The number of hydrogen-bond acceptors (Lipinski definition) is 2. The standard InChI is InChI=1S/C14H23ClN2O2/c1-9(2)12(5-6-18)16-14(19)13-7-11(15)8-17(13)10(3)4/h7-10,12,18H,5-6H2,1-4H3,(H,16,19). The molecular weight excluding hydrogens is 264 g/mol. The summed E-state index contributed by atoms with van der Waals surface area (Å²) in [6.45, 7) is 8.11. The van der Waals surface area contributed by atoms with Gasteiger partial charge in [-0.25, -0.2) is 0 Å². The van der Waals surface area contributed by atoms with Crippen LogP contribution in [0.1, 0.15) is 50.6 Å². The smallest absolute Gasteiger partial charge is 0.268 e. The summed E-state index contributed by atoms with van der Waals surface area (Å²) in [6, 6.07) is 1.81. The monoisotopic (exact) mass is 286 g/mol. The highest BCUT2D eigenvalue weighted by molar-refractivity contribution is 6.31. The summed E-state index contributed by atoms with van der Waals surface area (Å²) in [6.07, 6.45) is 2.32. The summed E-state index contributed by atoms with van der Waals surface area (Å²) in [4.78, 5) is 12.3. The molecule has 108 valence electrons. The van der Waals surface area contributed by atoms with Crippen LogP contribution in [-0.2, 0) is 0 Å². The highest BCUT2D eigenvalue weighted by atomic mass is 35.5. The Bertz CT molecular complexity index is 427. The molecule has 0 saturated heterocycles. The van der Waals surface area contributed by atoms with Gasteiger partial charge in [0, 0.05) is 24.9 Å². The predicted octanol–water partition coefficient (Wildman–Crippen LogP) is 2.86. The molecule has 1 aromatic heterocycles. The molecule has 1 unspecified atom stereocenters. The van der Waals surface area contributed by atoms with E-state index in [0.717, 1.165) is 0 Å². The normalized spacial score (nSPS) is 13.1. The number of aliphatic hydroxyl groups is 1. The molecule has 1 amide bonds. The average molecular weight is 287 g/mol. The summed E-state index contributed by atoms with van der Waals surface area (Å²) in [5.41, 5.74) is 0.559. The van der Waals surface area contributed by atoms with E-state index in [1.54, 1.807) is 12.3 Å². The molecular formula is C14H23ClN2O2. The van der Waals surface area contributed by atoms with Gasteiger partial charge >= 0.3 is 0 Å². The van der Waals surface area contributed by atoms with Crippen LogP contribution in [0.25, 0.3) is 0 Å². The molecule has 19 heavy (non-hydrogen) atoms. The number of nitrogens with one attached hydrogen (secondary N) is 1. The lowest BCUT2D eigenvalue weighted by Crippen LogP contribution is -2.40. The summed E-state index contributed by atoms with van der Waals surface area (Å²) in [7, 11) is 0. The molecule has 0 bridgehead atoms. The van der Waals surface area contributed by atoms with Crippen molar-refractivity contribution in [1.29, 1.82) is 0 Å². The van der Waals surface area contributed by atoms with Crippen molar-refractivity contribution in [1.82, 2.24) is 9.88 Å². The van der Waals surface area contributed by atoms with Crippen LogP contribution in [0.4, 0.5) is 0 Å². The van der Waals surface area contributed by atoms with Gasteiger partial charge in [-0.1, -0.05) is 25.4 Å². The van der Waals surface area contributed by atoms with Crippen molar-refractivity contribution >= 4 is 17.5 Å². The molecule has 2 N–H and O–H groups in total. The first-order valence-electron chi connectivity index (χ1n) is 6.66. The number of amides is 1. The lowest BCUT2D eigenvalue weighted by Gasteiger charge is -2.22. The second-order valence-corrected chi connectivity index (χ2v) is 5.82. The minimum atomic E-state index is -0.146. The third-order valence-corrected chi connectivity index (χ3v) is 3.37. The van der Waals surface area contributed by atoms with Crippen LogP contribution in [-0.4, -0.2) is 28.2 Å². The zero-order valence-corrected chi connectivity index (χ0v) is 12.7. The van der Waals surface area contributed by atoms with Crippen molar-refractivity contribution in [2.45, 2.75) is 46.2 Å². The molecule has 0 fully saturated rings. The number of hydrogen-bond donors (Lipinski definition) is 2. The highest BCUT2D eigenvalue weighted by Crippen LogP contribution is 2.19. The quantitative estimate of drug-likeness (QED) is 0.845. The van der Waals surface area contributed by atoms with Crippen LogP contribution in [0.2, 0.25) is 5.02 Å². The van der Waals surface area contributed by atoms with E-state index in [4.69, 9.17) is 16.7 Å². The molecule has 1 aromatic rings. The van der Waals surface area contributed by atoms with Gasteiger partial charge in [0.25, 0.3) is 5.91 Å². The van der Waals surface area contributed by atoms with Crippen molar-refractivity contribution in [3.8, 4) is 0 Å². The van der Waals surface area contributed by atoms with Gasteiger partial charge < -0.3 is 15.0 Å². The van der Waals surface area contributed by atoms with Crippen LogP contribution in [0, 0.1) is 5.92 Å². The first-order valence-corrected chi connectivity index (χ1v) is 7.03. The topological polar surface area (TPSA) is 54.3 Å². The molecule has 4 nitrogen and oxygen atoms in total. The Balaban J connectivity index is 2.88. The molecule has 1 heterocycles. The second-order valence-electron chi connectivity index (χ2n) is 5.38. The van der Waals surface area contributed by atoms with E-state index in [1.807, 2.05) is 32.3 Å². The zero-order chi connectivity index (χ0) is 14.6. The van der Waals surface area contributed by atoms with Crippen LogP contribution >= 0.6 is 11.6 Å². The van der Waals surface area contributed by atoms with Crippen molar-refractivity contribution in [2.24, 2.45) is 5.92 Å². The fourth-order valence-corrected chi connectivity index (χ4v) is 2.22. The Kier molecular flexibility index (Phi) is 5.88. The number of halogens is 1. The molecule has 1 atom stereocenters. The lowest BCUT2D eigenvalue weighted by molar-refractivity contribution is 0.0905. The van der Waals surface area contributed by atoms with Crippen molar-refractivity contribution < 1.29 is 9.90 Å². The molecule has 0 saturated carbocycles. The number of carbonyl (C=O) groups is 1. The Labute approximate surface area is 119 Å². The van der Waals surface area contributed by atoms with E-state index in [2.05, 4.69) is 5.32 Å². The summed E-state index contributed by atoms with van der Waals surface area (Å²) in [5.74, 6) is 0.127. The number of rotatable bonds is 6. The van der Waals surface area contributed by atoms with Gasteiger partial charge in [-0.15, -0.1) is 0 Å². The molecule has 0 radical (unpaired) electrons. The SMILES string of the molecule is CC(C)C(CCO)NC(=O)c1cc(Cl)cn1C(C)C. The van der Waals surface area contributed by atoms with Crippen LogP contribution < -0.4 is 5.32 Å². The van der Waals surface area contributed by atoms with E-state index >= 15 is 0 Å². The first kappa shape index (κ1) is 16.1. The fraction of sp³-hybridized carbons (Fsp3) is 0.643. The largest absolute Gasteiger partial charge is 0.396 e. The van der Waals surface area contributed by atoms with Gasteiger partial charge in [-0.05, 0) is 32.3 Å². The number of aliphatic hydroxyl groups excluding tert-OH is 1. The Morgan fingerprint density at radius 1 is 1.42 bits per heavy atom. The number of nitrogens with zero attached hydrogens (tertiary/aromatic N) is 1. The van der Waals surface area contributed by atoms with Gasteiger partial charge in [0.1, 0.15) is 5.69 Å². The summed E-state index contributed by atoms with van der Waals surface area (Å²) in [5, 5.41) is 12.6. The molecule has 0 spiro atoms. The Morgan fingerprint density at radius 2 is 2.05 bits per heavy atom. The van der Waals surface area contributed by atoms with E-state index < -0.39 is 0 Å². The Hall–Kier alpha value is -1.00. The van der Waals surface area contributed by atoms with Crippen LogP contribution in [0.3, 0.4) is 0 Å². The molecule has 0 aromatic carbocycles. The third kappa shape index (κ3) is 4.25.